The van der Waals surface area contributed by atoms with Crippen LogP contribution < -0.4 is 0 Å². The molecular formula is C18H25N5O2. The lowest BCUT2D eigenvalue weighted by atomic mass is 10.2. The summed E-state index contributed by atoms with van der Waals surface area (Å²) < 4.78 is 6.64. The third-order valence-electron chi connectivity index (χ3n) is 4.38. The minimum Gasteiger partial charge on any atom is -0.461 e. The van der Waals surface area contributed by atoms with Crippen molar-refractivity contribution in [2.24, 2.45) is 0 Å². The number of carbonyl (C=O) groups excluding carboxylic acids is 1. The van der Waals surface area contributed by atoms with Crippen LogP contribution >= 0.6 is 0 Å². The highest BCUT2D eigenvalue weighted by atomic mass is 16.5. The Morgan fingerprint density at radius 2 is 1.80 bits per heavy atom. The van der Waals surface area contributed by atoms with Crippen molar-refractivity contribution in [3.05, 3.63) is 47.8 Å². The van der Waals surface area contributed by atoms with Crippen molar-refractivity contribution in [1.29, 1.82) is 0 Å². The smallest absolute Gasteiger partial charge is 0.360 e. The largest absolute Gasteiger partial charge is 0.461 e. The summed E-state index contributed by atoms with van der Waals surface area (Å²) in [5.41, 5.74) is 1.64. The van der Waals surface area contributed by atoms with Crippen molar-refractivity contribution in [3.8, 4) is 0 Å². The van der Waals surface area contributed by atoms with Crippen molar-refractivity contribution in [3.63, 3.8) is 0 Å². The molecule has 1 aromatic heterocycles. The number of piperazine rings is 1. The summed E-state index contributed by atoms with van der Waals surface area (Å²) in [6.07, 6.45) is 1.66. The van der Waals surface area contributed by atoms with Crippen LogP contribution in [-0.2, 0) is 17.8 Å². The van der Waals surface area contributed by atoms with Crippen LogP contribution in [-0.4, -0.2) is 70.1 Å². The van der Waals surface area contributed by atoms with Gasteiger partial charge < -0.3 is 4.74 Å². The lowest BCUT2D eigenvalue weighted by molar-refractivity contribution is 0.0519. The van der Waals surface area contributed by atoms with E-state index >= 15 is 0 Å². The highest BCUT2D eigenvalue weighted by Crippen LogP contribution is 2.08. The van der Waals surface area contributed by atoms with Crippen LogP contribution in [0.15, 0.2) is 36.5 Å². The maximum Gasteiger partial charge on any atom is 0.360 e. The van der Waals surface area contributed by atoms with E-state index in [9.17, 15) is 4.79 Å². The molecule has 0 atom stereocenters. The van der Waals surface area contributed by atoms with Crippen LogP contribution in [0.2, 0.25) is 0 Å². The van der Waals surface area contributed by atoms with Gasteiger partial charge in [0, 0.05) is 39.3 Å². The second kappa shape index (κ2) is 8.73. The zero-order valence-electron chi connectivity index (χ0n) is 14.7. The van der Waals surface area contributed by atoms with E-state index in [2.05, 4.69) is 50.4 Å². The maximum atomic E-state index is 11.6. The number of nitrogens with zero attached hydrogens (tertiary/aromatic N) is 5. The van der Waals surface area contributed by atoms with E-state index in [1.807, 2.05) is 0 Å². The molecule has 0 aliphatic carbocycles. The van der Waals surface area contributed by atoms with Gasteiger partial charge in [-0.25, -0.2) is 4.79 Å². The van der Waals surface area contributed by atoms with Crippen LogP contribution in [0, 0.1) is 0 Å². The second-order valence-electron chi connectivity index (χ2n) is 6.19. The molecule has 0 saturated carbocycles. The van der Waals surface area contributed by atoms with E-state index in [-0.39, 0.29) is 5.69 Å². The zero-order chi connectivity index (χ0) is 17.5. The molecule has 3 rings (SSSR count). The summed E-state index contributed by atoms with van der Waals surface area (Å²) in [5.74, 6) is -0.414. The fourth-order valence-corrected chi connectivity index (χ4v) is 2.96. The van der Waals surface area contributed by atoms with E-state index in [0.29, 0.717) is 6.61 Å². The molecule has 0 unspecified atom stereocenters. The van der Waals surface area contributed by atoms with Crippen molar-refractivity contribution >= 4 is 5.97 Å². The van der Waals surface area contributed by atoms with Crippen LogP contribution in [0.5, 0.6) is 0 Å². The van der Waals surface area contributed by atoms with Crippen molar-refractivity contribution < 1.29 is 9.53 Å². The molecule has 7 heteroatoms. The molecule has 0 spiro atoms. The van der Waals surface area contributed by atoms with Crippen LogP contribution in [0.1, 0.15) is 23.0 Å². The molecule has 2 heterocycles. The fourth-order valence-electron chi connectivity index (χ4n) is 2.96. The van der Waals surface area contributed by atoms with Gasteiger partial charge in [-0.1, -0.05) is 35.5 Å². The van der Waals surface area contributed by atoms with E-state index < -0.39 is 5.97 Å². The summed E-state index contributed by atoms with van der Waals surface area (Å²) in [4.78, 5) is 16.5. The van der Waals surface area contributed by atoms with Gasteiger partial charge in [-0.2, -0.15) is 0 Å². The molecule has 0 bridgehead atoms. The molecule has 1 aliphatic heterocycles. The zero-order valence-corrected chi connectivity index (χ0v) is 14.7. The first-order valence-electron chi connectivity index (χ1n) is 8.80. The molecule has 1 saturated heterocycles. The molecule has 1 aliphatic rings. The lowest BCUT2D eigenvalue weighted by Gasteiger charge is -2.34. The van der Waals surface area contributed by atoms with Crippen LogP contribution in [0.3, 0.4) is 0 Å². The van der Waals surface area contributed by atoms with E-state index in [1.54, 1.807) is 17.8 Å². The highest BCUT2D eigenvalue weighted by Gasteiger charge is 2.17. The van der Waals surface area contributed by atoms with Gasteiger partial charge in [-0.05, 0) is 12.5 Å². The van der Waals surface area contributed by atoms with Gasteiger partial charge in [-0.15, -0.1) is 5.10 Å². The minimum absolute atomic E-state index is 0.273. The van der Waals surface area contributed by atoms with Crippen LogP contribution in [0.25, 0.3) is 0 Å². The molecule has 0 amide bonds. The Balaban J connectivity index is 1.40. The number of esters is 1. The predicted molar refractivity (Wildman–Crippen MR) is 94.1 cm³/mol. The first-order valence-corrected chi connectivity index (χ1v) is 8.80. The standard InChI is InChI=1S/C18H25N5O2/c1-2-25-18(24)17-15-23(20-19-17)13-12-21-8-10-22(11-9-21)14-16-6-4-3-5-7-16/h3-7,15H,2,8-14H2,1H3. The monoisotopic (exact) mass is 343 g/mol. The van der Waals surface area contributed by atoms with Crippen molar-refractivity contribution in [2.75, 3.05) is 39.3 Å². The van der Waals surface area contributed by atoms with Gasteiger partial charge in [-0.3, -0.25) is 14.5 Å². The first kappa shape index (κ1) is 17.6. The molecule has 0 radical (unpaired) electrons. The molecule has 25 heavy (non-hydrogen) atoms. The third-order valence-corrected chi connectivity index (χ3v) is 4.38. The second-order valence-corrected chi connectivity index (χ2v) is 6.19. The molecule has 7 nitrogen and oxygen atoms in total. The number of rotatable bonds is 7. The van der Waals surface area contributed by atoms with Crippen LogP contribution in [0.4, 0.5) is 0 Å². The Morgan fingerprint density at radius 3 is 2.52 bits per heavy atom. The first-order chi connectivity index (χ1) is 12.2. The number of carbonyl (C=O) groups is 1. The SMILES string of the molecule is CCOC(=O)c1cn(CCN2CCN(Cc3ccccc3)CC2)nn1. The summed E-state index contributed by atoms with van der Waals surface area (Å²) in [6.45, 7) is 9.01. The number of hydrogen-bond acceptors (Lipinski definition) is 6. The third kappa shape index (κ3) is 5.11. The number of benzene rings is 1. The molecule has 1 aromatic carbocycles. The predicted octanol–water partition coefficient (Wildman–Crippen LogP) is 1.27. The quantitative estimate of drug-likeness (QED) is 0.706. The molecule has 134 valence electrons. The average molecular weight is 343 g/mol. The number of hydrogen-bond donors (Lipinski definition) is 0. The Morgan fingerprint density at radius 1 is 1.08 bits per heavy atom. The molecule has 1 fully saturated rings. The van der Waals surface area contributed by atoms with E-state index in [0.717, 1.165) is 45.8 Å². The summed E-state index contributed by atoms with van der Waals surface area (Å²) in [5, 5.41) is 7.87. The molecular weight excluding hydrogens is 318 g/mol. The summed E-state index contributed by atoms with van der Waals surface area (Å²) in [7, 11) is 0. The van der Waals surface area contributed by atoms with E-state index in [1.165, 1.54) is 5.56 Å². The Labute approximate surface area is 148 Å². The average Bonchev–Trinajstić information content (AvgIpc) is 3.11. The summed E-state index contributed by atoms with van der Waals surface area (Å²) >= 11 is 0. The lowest BCUT2D eigenvalue weighted by Crippen LogP contribution is -2.46. The molecule has 2 aromatic rings. The van der Waals surface area contributed by atoms with Crippen molar-refractivity contribution in [1.82, 2.24) is 24.8 Å². The molecule has 0 N–H and O–H groups in total. The Bertz CT molecular complexity index is 665. The minimum atomic E-state index is -0.414. The Hall–Kier alpha value is -2.25. The fraction of sp³-hybridized carbons (Fsp3) is 0.500. The van der Waals surface area contributed by atoms with Gasteiger partial charge in [0.15, 0.2) is 5.69 Å². The normalized spacial score (nSPS) is 16.0. The summed E-state index contributed by atoms with van der Waals surface area (Å²) in [6, 6.07) is 10.6. The number of ether oxygens (including phenoxy) is 1. The highest BCUT2D eigenvalue weighted by molar-refractivity contribution is 5.86. The van der Waals surface area contributed by atoms with E-state index in [4.69, 9.17) is 4.74 Å². The maximum absolute atomic E-state index is 11.6. The van der Waals surface area contributed by atoms with Gasteiger partial charge in [0.2, 0.25) is 0 Å². The Kier molecular flexibility index (Phi) is 6.14. The van der Waals surface area contributed by atoms with Gasteiger partial charge in [0.1, 0.15) is 0 Å². The topological polar surface area (TPSA) is 63.5 Å². The van der Waals surface area contributed by atoms with Gasteiger partial charge >= 0.3 is 5.97 Å². The number of aromatic nitrogens is 3. The van der Waals surface area contributed by atoms with Crippen molar-refractivity contribution in [2.45, 2.75) is 20.0 Å². The van der Waals surface area contributed by atoms with Gasteiger partial charge in [0.25, 0.3) is 0 Å². The van der Waals surface area contributed by atoms with Gasteiger partial charge in [0.05, 0.1) is 19.3 Å².